The van der Waals surface area contributed by atoms with Crippen molar-refractivity contribution < 1.29 is 4.74 Å². The van der Waals surface area contributed by atoms with Crippen molar-refractivity contribution in [3.8, 4) is 0 Å². The summed E-state index contributed by atoms with van der Waals surface area (Å²) in [4.78, 5) is 17.2. The van der Waals surface area contributed by atoms with Crippen LogP contribution in [0.4, 0.5) is 11.8 Å². The number of hydrogen-bond donors (Lipinski definition) is 0. The molecule has 0 amide bonds. The number of piperazine rings is 1. The lowest BCUT2D eigenvalue weighted by molar-refractivity contribution is 0.0990. The van der Waals surface area contributed by atoms with E-state index in [4.69, 9.17) is 21.3 Å². The molecule has 0 saturated carbocycles. The van der Waals surface area contributed by atoms with E-state index in [0.29, 0.717) is 23.3 Å². The zero-order valence-corrected chi connectivity index (χ0v) is 16.4. The number of aryl methyl sites for hydroxylation is 1. The van der Waals surface area contributed by atoms with Crippen molar-refractivity contribution in [3.05, 3.63) is 11.2 Å². The van der Waals surface area contributed by atoms with E-state index in [-0.39, 0.29) is 0 Å². The van der Waals surface area contributed by atoms with Gasteiger partial charge in [0.2, 0.25) is 5.95 Å². The number of anilines is 2. The Labute approximate surface area is 163 Å². The van der Waals surface area contributed by atoms with Gasteiger partial charge in [-0.2, -0.15) is 0 Å². The molecular weight excluding hydrogens is 364 g/mol. The van der Waals surface area contributed by atoms with Crippen LogP contribution in [0.25, 0.3) is 11.0 Å². The van der Waals surface area contributed by atoms with Crippen molar-refractivity contribution in [1.29, 1.82) is 0 Å². The van der Waals surface area contributed by atoms with Gasteiger partial charge in [0.25, 0.3) is 0 Å². The molecule has 4 aliphatic heterocycles. The minimum absolute atomic E-state index is 0.324. The van der Waals surface area contributed by atoms with Gasteiger partial charge in [0.05, 0.1) is 24.3 Å². The lowest BCUT2D eigenvalue weighted by Crippen LogP contribution is -2.50. The molecule has 0 radical (unpaired) electrons. The third-order valence-corrected chi connectivity index (χ3v) is 7.03. The molecule has 4 fully saturated rings. The van der Waals surface area contributed by atoms with Crippen LogP contribution in [0.3, 0.4) is 0 Å². The standard InChI is InChI=1S/C19H25ClN6O/c1-23-15-8-16(20)21-18(26-10-14-7-13(26)11-27-14)17(15)22-19(23)25-6-5-24-4-2-3-12(24)9-25/h8,12-14H,2-7,9-11H2,1H3/t12-,13-,14-/m1/s1. The van der Waals surface area contributed by atoms with E-state index in [0.717, 1.165) is 62.0 Å². The maximum Gasteiger partial charge on any atom is 0.206 e. The highest BCUT2D eigenvalue weighted by atomic mass is 35.5. The third kappa shape index (κ3) is 2.48. The Balaban J connectivity index is 1.41. The Bertz CT molecular complexity index is 900. The predicted octanol–water partition coefficient (Wildman–Crippen LogP) is 1.88. The molecule has 2 aromatic heterocycles. The first kappa shape index (κ1) is 16.4. The minimum atomic E-state index is 0.324. The summed E-state index contributed by atoms with van der Waals surface area (Å²) < 4.78 is 7.97. The Morgan fingerprint density at radius 1 is 1.15 bits per heavy atom. The summed E-state index contributed by atoms with van der Waals surface area (Å²) in [7, 11) is 2.10. The van der Waals surface area contributed by atoms with E-state index in [9.17, 15) is 0 Å². The zero-order chi connectivity index (χ0) is 18.1. The number of ether oxygens (including phenoxy) is 1. The highest BCUT2D eigenvalue weighted by Crippen LogP contribution is 2.37. The number of rotatable bonds is 2. The van der Waals surface area contributed by atoms with Crippen LogP contribution in [-0.4, -0.2) is 77.0 Å². The van der Waals surface area contributed by atoms with Gasteiger partial charge in [-0.25, -0.2) is 9.97 Å². The van der Waals surface area contributed by atoms with Crippen LogP contribution in [0.1, 0.15) is 19.3 Å². The van der Waals surface area contributed by atoms with Crippen LogP contribution >= 0.6 is 11.6 Å². The summed E-state index contributed by atoms with van der Waals surface area (Å²) in [5.74, 6) is 1.97. The summed E-state index contributed by atoms with van der Waals surface area (Å²) in [5.41, 5.74) is 2.04. The summed E-state index contributed by atoms with van der Waals surface area (Å²) in [6.07, 6.45) is 4.03. The van der Waals surface area contributed by atoms with E-state index in [2.05, 4.69) is 31.3 Å². The molecule has 0 aromatic carbocycles. The number of morpholine rings is 1. The normalized spacial score (nSPS) is 30.7. The summed E-state index contributed by atoms with van der Waals surface area (Å²) in [6, 6.07) is 3.02. The molecule has 0 aliphatic carbocycles. The molecule has 8 heteroatoms. The highest BCUT2D eigenvalue weighted by Gasteiger charge is 2.41. The van der Waals surface area contributed by atoms with Gasteiger partial charge in [-0.3, -0.25) is 4.90 Å². The highest BCUT2D eigenvalue weighted by molar-refractivity contribution is 6.30. The van der Waals surface area contributed by atoms with Crippen LogP contribution in [0.15, 0.2) is 6.07 Å². The zero-order valence-electron chi connectivity index (χ0n) is 15.6. The van der Waals surface area contributed by atoms with E-state index >= 15 is 0 Å². The Hall–Kier alpha value is -1.57. The number of aromatic nitrogens is 3. The van der Waals surface area contributed by atoms with Crippen molar-refractivity contribution in [2.75, 3.05) is 49.1 Å². The number of fused-ring (bicyclic) bond motifs is 4. The van der Waals surface area contributed by atoms with Crippen LogP contribution in [0.5, 0.6) is 0 Å². The lowest BCUT2D eigenvalue weighted by atomic mass is 10.2. The fourth-order valence-corrected chi connectivity index (χ4v) is 5.63. The molecule has 3 atom stereocenters. The fourth-order valence-electron chi connectivity index (χ4n) is 5.44. The van der Waals surface area contributed by atoms with Crippen molar-refractivity contribution in [1.82, 2.24) is 19.4 Å². The summed E-state index contributed by atoms with van der Waals surface area (Å²) in [6.45, 7) is 6.16. The first-order valence-corrected chi connectivity index (χ1v) is 10.5. The molecule has 7 nitrogen and oxygen atoms in total. The van der Waals surface area contributed by atoms with Crippen LogP contribution < -0.4 is 9.80 Å². The molecule has 27 heavy (non-hydrogen) atoms. The maximum atomic E-state index is 6.41. The summed E-state index contributed by atoms with van der Waals surface area (Å²) >= 11 is 6.41. The van der Waals surface area contributed by atoms with E-state index < -0.39 is 0 Å². The second kappa shape index (κ2) is 5.96. The maximum absolute atomic E-state index is 6.41. The van der Waals surface area contributed by atoms with Crippen LogP contribution in [0.2, 0.25) is 5.15 Å². The number of imidazole rings is 1. The van der Waals surface area contributed by atoms with Gasteiger partial charge in [0, 0.05) is 45.3 Å². The largest absolute Gasteiger partial charge is 0.374 e. The molecule has 4 saturated heterocycles. The second-order valence-electron chi connectivity index (χ2n) is 8.38. The number of nitrogens with zero attached hydrogens (tertiary/aromatic N) is 6. The van der Waals surface area contributed by atoms with E-state index in [1.165, 1.54) is 19.4 Å². The molecular formula is C19H25ClN6O. The molecule has 2 bridgehead atoms. The van der Waals surface area contributed by atoms with Gasteiger partial charge in [0.15, 0.2) is 5.82 Å². The first-order chi connectivity index (χ1) is 13.2. The SMILES string of the molecule is Cn1c(N2CCN3CCC[C@@H]3C2)nc2c(N3C[C@H]4C[C@@H]3CO4)nc(Cl)cc21. The lowest BCUT2D eigenvalue weighted by Gasteiger charge is -2.37. The quantitative estimate of drug-likeness (QED) is 0.732. The average molecular weight is 389 g/mol. The number of halogens is 1. The van der Waals surface area contributed by atoms with Gasteiger partial charge >= 0.3 is 0 Å². The number of pyridine rings is 1. The average Bonchev–Trinajstić information content (AvgIpc) is 3.44. The number of hydrogen-bond acceptors (Lipinski definition) is 6. The van der Waals surface area contributed by atoms with Crippen molar-refractivity contribution >= 4 is 34.4 Å². The van der Waals surface area contributed by atoms with Crippen LogP contribution in [0, 0.1) is 0 Å². The molecule has 0 N–H and O–H groups in total. The minimum Gasteiger partial charge on any atom is -0.374 e. The van der Waals surface area contributed by atoms with Gasteiger partial charge in [-0.15, -0.1) is 0 Å². The Kier molecular flexibility index (Phi) is 3.62. The van der Waals surface area contributed by atoms with Crippen molar-refractivity contribution in [2.24, 2.45) is 7.05 Å². The Morgan fingerprint density at radius 2 is 2.07 bits per heavy atom. The van der Waals surface area contributed by atoms with Gasteiger partial charge < -0.3 is 19.1 Å². The molecule has 4 aliphatic rings. The molecule has 6 heterocycles. The van der Waals surface area contributed by atoms with Crippen molar-refractivity contribution in [3.63, 3.8) is 0 Å². The monoisotopic (exact) mass is 388 g/mol. The molecule has 2 aromatic rings. The third-order valence-electron chi connectivity index (χ3n) is 6.84. The summed E-state index contributed by atoms with van der Waals surface area (Å²) in [5, 5.41) is 0.538. The first-order valence-electron chi connectivity index (χ1n) is 10.1. The van der Waals surface area contributed by atoms with E-state index in [1.54, 1.807) is 0 Å². The van der Waals surface area contributed by atoms with Gasteiger partial charge in [-0.1, -0.05) is 11.6 Å². The molecule has 6 rings (SSSR count). The van der Waals surface area contributed by atoms with Crippen LogP contribution in [-0.2, 0) is 11.8 Å². The molecule has 144 valence electrons. The second-order valence-corrected chi connectivity index (χ2v) is 8.77. The smallest absolute Gasteiger partial charge is 0.206 e. The predicted molar refractivity (Wildman–Crippen MR) is 106 cm³/mol. The van der Waals surface area contributed by atoms with Gasteiger partial charge in [-0.05, 0) is 25.8 Å². The van der Waals surface area contributed by atoms with E-state index in [1.807, 2.05) is 6.07 Å². The fraction of sp³-hybridized carbons (Fsp3) is 0.684. The topological polar surface area (TPSA) is 49.7 Å². The van der Waals surface area contributed by atoms with Gasteiger partial charge in [0.1, 0.15) is 10.7 Å². The van der Waals surface area contributed by atoms with Crippen molar-refractivity contribution in [2.45, 2.75) is 37.5 Å². The Morgan fingerprint density at radius 3 is 2.89 bits per heavy atom. The molecule has 0 spiro atoms. The molecule has 0 unspecified atom stereocenters.